The van der Waals surface area contributed by atoms with E-state index in [2.05, 4.69) is 10.9 Å². The first-order valence-electron chi connectivity index (χ1n) is 10.8. The minimum absolute atomic E-state index is 0.0525. The second-order valence-corrected chi connectivity index (χ2v) is 9.41. The molecule has 4 fully saturated rings. The fourth-order valence-corrected chi connectivity index (χ4v) is 6.36. The summed E-state index contributed by atoms with van der Waals surface area (Å²) in [6.07, 6.45) is 9.06. The predicted octanol–water partition coefficient (Wildman–Crippen LogP) is 3.39. The molecule has 1 aromatic carbocycles. The lowest BCUT2D eigenvalue weighted by Gasteiger charge is -2.56. The molecule has 6 nitrogen and oxygen atoms in total. The zero-order valence-electron chi connectivity index (χ0n) is 17.5. The Morgan fingerprint density at radius 3 is 1.93 bits per heavy atom. The molecule has 2 amide bonds. The number of rotatable bonds is 7. The van der Waals surface area contributed by atoms with Crippen molar-refractivity contribution >= 4 is 11.8 Å². The van der Waals surface area contributed by atoms with Crippen molar-refractivity contribution in [3.05, 3.63) is 23.8 Å². The number of hydrogen-bond acceptors (Lipinski definition) is 4. The minimum atomic E-state index is -0.189. The van der Waals surface area contributed by atoms with Crippen LogP contribution in [0.15, 0.2) is 18.2 Å². The lowest BCUT2D eigenvalue weighted by molar-refractivity contribution is -0.134. The van der Waals surface area contributed by atoms with Gasteiger partial charge in [-0.3, -0.25) is 20.4 Å². The topological polar surface area (TPSA) is 76.7 Å². The molecule has 4 aliphatic carbocycles. The van der Waals surface area contributed by atoms with E-state index >= 15 is 0 Å². The van der Waals surface area contributed by atoms with Crippen molar-refractivity contribution in [2.75, 3.05) is 14.2 Å². The van der Waals surface area contributed by atoms with Crippen LogP contribution < -0.4 is 20.3 Å². The van der Waals surface area contributed by atoms with Gasteiger partial charge in [-0.1, -0.05) is 0 Å². The molecule has 4 saturated carbocycles. The van der Waals surface area contributed by atoms with E-state index < -0.39 is 0 Å². The molecule has 4 aliphatic rings. The number of hydrogen-bond donors (Lipinski definition) is 2. The van der Waals surface area contributed by atoms with Gasteiger partial charge in [0.1, 0.15) is 11.5 Å². The summed E-state index contributed by atoms with van der Waals surface area (Å²) in [5, 5.41) is 0. The molecule has 0 aliphatic heterocycles. The molecule has 4 bridgehead atoms. The van der Waals surface area contributed by atoms with Gasteiger partial charge in [0.05, 0.1) is 14.2 Å². The summed E-state index contributed by atoms with van der Waals surface area (Å²) < 4.78 is 10.5. The zero-order chi connectivity index (χ0) is 20.4. The smallest absolute Gasteiger partial charge is 0.238 e. The van der Waals surface area contributed by atoms with Gasteiger partial charge in [0, 0.05) is 18.9 Å². The number of hydrazine groups is 1. The zero-order valence-corrected chi connectivity index (χ0v) is 17.5. The van der Waals surface area contributed by atoms with Crippen LogP contribution in [-0.2, 0) is 16.0 Å². The third-order valence-electron chi connectivity index (χ3n) is 7.09. The third-order valence-corrected chi connectivity index (χ3v) is 7.09. The quantitative estimate of drug-likeness (QED) is 0.688. The second kappa shape index (κ2) is 8.25. The summed E-state index contributed by atoms with van der Waals surface area (Å²) in [7, 11) is 3.20. The monoisotopic (exact) mass is 400 g/mol. The highest BCUT2D eigenvalue weighted by Crippen LogP contribution is 2.61. The number of amides is 2. The number of methoxy groups -OCH3 is 2. The summed E-state index contributed by atoms with van der Waals surface area (Å²) >= 11 is 0. The summed E-state index contributed by atoms with van der Waals surface area (Å²) in [5.41, 5.74) is 6.38. The molecule has 29 heavy (non-hydrogen) atoms. The van der Waals surface area contributed by atoms with Crippen molar-refractivity contribution in [3.8, 4) is 11.5 Å². The van der Waals surface area contributed by atoms with E-state index in [-0.39, 0.29) is 23.7 Å². The number of benzene rings is 1. The Morgan fingerprint density at radius 2 is 1.41 bits per heavy atom. The van der Waals surface area contributed by atoms with Gasteiger partial charge >= 0.3 is 0 Å². The maximum absolute atomic E-state index is 12.5. The second-order valence-electron chi connectivity index (χ2n) is 9.41. The van der Waals surface area contributed by atoms with Crippen LogP contribution in [0, 0.1) is 23.2 Å². The van der Waals surface area contributed by atoms with Gasteiger partial charge in [-0.25, -0.2) is 0 Å². The predicted molar refractivity (Wildman–Crippen MR) is 109 cm³/mol. The van der Waals surface area contributed by atoms with Crippen molar-refractivity contribution in [1.82, 2.24) is 10.9 Å². The minimum Gasteiger partial charge on any atom is -0.497 e. The Labute approximate surface area is 172 Å². The van der Waals surface area contributed by atoms with Gasteiger partial charge in [-0.15, -0.1) is 0 Å². The average Bonchev–Trinajstić information content (AvgIpc) is 2.69. The van der Waals surface area contributed by atoms with Crippen LogP contribution in [-0.4, -0.2) is 26.0 Å². The maximum atomic E-state index is 12.5. The standard InChI is InChI=1S/C23H32N2O4/c1-28-19-8-15(9-20(10-19)29-2)3-4-21(26)24-25-22(27)14-23-11-16-5-17(12-23)7-18(6-16)13-23/h8-10,16-18H,3-7,11-14H2,1-2H3,(H,24,26)(H,25,27). The molecular weight excluding hydrogens is 368 g/mol. The fourth-order valence-electron chi connectivity index (χ4n) is 6.36. The van der Waals surface area contributed by atoms with Crippen molar-refractivity contribution in [2.45, 2.75) is 57.8 Å². The van der Waals surface area contributed by atoms with Crippen LogP contribution in [0.5, 0.6) is 11.5 Å². The normalized spacial score (nSPS) is 29.4. The lowest BCUT2D eigenvalue weighted by atomic mass is 9.49. The Balaban J connectivity index is 1.23. The molecular formula is C23H32N2O4. The number of carbonyl (C=O) groups excluding carboxylic acids is 2. The Hall–Kier alpha value is -2.24. The maximum Gasteiger partial charge on any atom is 0.238 e. The Morgan fingerprint density at radius 1 is 0.897 bits per heavy atom. The molecule has 0 aromatic heterocycles. The largest absolute Gasteiger partial charge is 0.497 e. The van der Waals surface area contributed by atoms with Gasteiger partial charge in [-0.2, -0.15) is 0 Å². The molecule has 0 radical (unpaired) electrons. The Kier molecular flexibility index (Phi) is 5.70. The van der Waals surface area contributed by atoms with Crippen molar-refractivity contribution in [2.24, 2.45) is 23.2 Å². The molecule has 6 heteroatoms. The van der Waals surface area contributed by atoms with Crippen LogP contribution in [0.2, 0.25) is 0 Å². The highest BCUT2D eigenvalue weighted by atomic mass is 16.5. The summed E-state index contributed by atoms with van der Waals surface area (Å²) in [6.45, 7) is 0. The van der Waals surface area contributed by atoms with Gasteiger partial charge < -0.3 is 9.47 Å². The van der Waals surface area contributed by atoms with Gasteiger partial charge in [0.2, 0.25) is 11.8 Å². The van der Waals surface area contributed by atoms with E-state index in [1.807, 2.05) is 12.1 Å². The van der Waals surface area contributed by atoms with Crippen LogP contribution in [0.4, 0.5) is 0 Å². The fraction of sp³-hybridized carbons (Fsp3) is 0.652. The van der Waals surface area contributed by atoms with Crippen LogP contribution in [0.3, 0.4) is 0 Å². The molecule has 1 aromatic rings. The molecule has 5 rings (SSSR count). The molecule has 0 atom stereocenters. The number of nitrogens with one attached hydrogen (secondary N) is 2. The van der Waals surface area contributed by atoms with Crippen molar-refractivity contribution < 1.29 is 19.1 Å². The van der Waals surface area contributed by atoms with Gasteiger partial charge in [0.15, 0.2) is 0 Å². The van der Waals surface area contributed by atoms with E-state index in [0.29, 0.717) is 24.3 Å². The van der Waals surface area contributed by atoms with Crippen LogP contribution >= 0.6 is 0 Å². The average molecular weight is 401 g/mol. The number of carbonyl (C=O) groups is 2. The molecule has 0 spiro atoms. The van der Waals surface area contributed by atoms with E-state index in [1.54, 1.807) is 20.3 Å². The first-order chi connectivity index (χ1) is 14.0. The molecule has 2 N–H and O–H groups in total. The number of ether oxygens (including phenoxy) is 2. The SMILES string of the molecule is COc1cc(CCC(=O)NNC(=O)CC23CC4CC(CC(C4)C2)C3)cc(OC)c1. The number of aryl methyl sites for hydroxylation is 1. The first kappa shape index (κ1) is 20.0. The molecule has 158 valence electrons. The summed E-state index contributed by atoms with van der Waals surface area (Å²) in [5.74, 6) is 3.62. The van der Waals surface area contributed by atoms with Crippen molar-refractivity contribution in [3.63, 3.8) is 0 Å². The van der Waals surface area contributed by atoms with Crippen LogP contribution in [0.1, 0.15) is 56.9 Å². The van der Waals surface area contributed by atoms with E-state index in [1.165, 1.54) is 38.5 Å². The Bertz CT molecular complexity index is 719. The van der Waals surface area contributed by atoms with Crippen molar-refractivity contribution in [1.29, 1.82) is 0 Å². The van der Waals surface area contributed by atoms with Gasteiger partial charge in [-0.05, 0) is 85.8 Å². The lowest BCUT2D eigenvalue weighted by Crippen LogP contribution is -2.50. The van der Waals surface area contributed by atoms with E-state index in [9.17, 15) is 9.59 Å². The highest BCUT2D eigenvalue weighted by molar-refractivity contribution is 5.82. The van der Waals surface area contributed by atoms with E-state index in [0.717, 1.165) is 23.3 Å². The first-order valence-corrected chi connectivity index (χ1v) is 10.8. The van der Waals surface area contributed by atoms with Gasteiger partial charge in [0.25, 0.3) is 0 Å². The molecule has 0 unspecified atom stereocenters. The van der Waals surface area contributed by atoms with E-state index in [4.69, 9.17) is 9.47 Å². The third kappa shape index (κ3) is 4.68. The highest BCUT2D eigenvalue weighted by Gasteiger charge is 2.51. The molecule has 0 heterocycles. The summed E-state index contributed by atoms with van der Waals surface area (Å²) in [4.78, 5) is 24.7. The molecule has 0 saturated heterocycles. The summed E-state index contributed by atoms with van der Waals surface area (Å²) in [6, 6.07) is 5.58. The van der Waals surface area contributed by atoms with Crippen LogP contribution in [0.25, 0.3) is 0 Å².